The van der Waals surface area contributed by atoms with Crippen molar-refractivity contribution in [3.63, 3.8) is 0 Å². The molecule has 0 N–H and O–H groups in total. The molecule has 4 nitrogen and oxygen atoms in total. The van der Waals surface area contributed by atoms with E-state index in [0.717, 1.165) is 13.0 Å². The van der Waals surface area contributed by atoms with E-state index in [1.54, 1.807) is 0 Å². The largest absolute Gasteiger partial charge is 0.347 e. The standard InChI is InChI=1S/C17H22N2O2/c1-14(15-6-4-3-5-7-15)19-9-8-17(20-10-11-21-17)12-16(19,2)13-18/h3-7,14H,8-12H2,1-2H3/t14-,16-/m1/s1. The van der Waals surface area contributed by atoms with Crippen molar-refractivity contribution >= 4 is 0 Å². The molecule has 1 spiro atoms. The van der Waals surface area contributed by atoms with Crippen molar-refractivity contribution in [2.24, 2.45) is 0 Å². The second-order valence-electron chi connectivity index (χ2n) is 6.20. The molecular weight excluding hydrogens is 264 g/mol. The minimum atomic E-state index is -0.572. The van der Waals surface area contributed by atoms with E-state index < -0.39 is 11.3 Å². The molecule has 0 aliphatic carbocycles. The van der Waals surface area contributed by atoms with Gasteiger partial charge in [0, 0.05) is 25.4 Å². The zero-order chi connectivity index (χ0) is 14.9. The smallest absolute Gasteiger partial charge is 0.172 e. The average Bonchev–Trinajstić information content (AvgIpc) is 2.95. The number of rotatable bonds is 2. The summed E-state index contributed by atoms with van der Waals surface area (Å²) in [7, 11) is 0. The van der Waals surface area contributed by atoms with Crippen LogP contribution in [0.2, 0.25) is 0 Å². The van der Waals surface area contributed by atoms with Crippen LogP contribution in [0, 0.1) is 11.3 Å². The third-order valence-electron chi connectivity index (χ3n) is 4.78. The molecule has 2 aliphatic heterocycles. The highest BCUT2D eigenvalue weighted by molar-refractivity contribution is 5.22. The van der Waals surface area contributed by atoms with Crippen molar-refractivity contribution in [2.45, 2.75) is 44.1 Å². The highest BCUT2D eigenvalue weighted by Crippen LogP contribution is 2.43. The lowest BCUT2D eigenvalue weighted by molar-refractivity contribution is -0.208. The van der Waals surface area contributed by atoms with E-state index in [2.05, 4.69) is 30.0 Å². The molecule has 2 aliphatic rings. The quantitative estimate of drug-likeness (QED) is 0.838. The van der Waals surface area contributed by atoms with Gasteiger partial charge in [0.05, 0.1) is 19.3 Å². The van der Waals surface area contributed by atoms with Crippen LogP contribution < -0.4 is 0 Å². The maximum atomic E-state index is 9.76. The Morgan fingerprint density at radius 2 is 1.90 bits per heavy atom. The Morgan fingerprint density at radius 3 is 2.52 bits per heavy atom. The summed E-state index contributed by atoms with van der Waals surface area (Å²) in [6.45, 7) is 6.24. The Kier molecular flexibility index (Phi) is 3.75. The molecule has 0 radical (unpaired) electrons. The third kappa shape index (κ3) is 2.57. The number of nitriles is 1. The van der Waals surface area contributed by atoms with Crippen LogP contribution >= 0.6 is 0 Å². The molecule has 112 valence electrons. The highest BCUT2D eigenvalue weighted by Gasteiger charge is 2.51. The van der Waals surface area contributed by atoms with E-state index in [1.165, 1.54) is 5.56 Å². The first-order chi connectivity index (χ1) is 10.1. The van der Waals surface area contributed by atoms with Gasteiger partial charge in [0.2, 0.25) is 0 Å². The Hall–Kier alpha value is -1.41. The molecule has 0 unspecified atom stereocenters. The second-order valence-corrected chi connectivity index (χ2v) is 6.20. The van der Waals surface area contributed by atoms with Gasteiger partial charge in [-0.15, -0.1) is 0 Å². The van der Waals surface area contributed by atoms with Gasteiger partial charge in [-0.3, -0.25) is 4.90 Å². The van der Waals surface area contributed by atoms with Crippen molar-refractivity contribution in [1.29, 1.82) is 5.26 Å². The number of benzene rings is 1. The monoisotopic (exact) mass is 286 g/mol. The topological polar surface area (TPSA) is 45.5 Å². The van der Waals surface area contributed by atoms with Gasteiger partial charge in [0.1, 0.15) is 5.54 Å². The van der Waals surface area contributed by atoms with Crippen LogP contribution in [0.1, 0.15) is 38.3 Å². The average molecular weight is 286 g/mol. The van der Waals surface area contributed by atoms with Gasteiger partial charge < -0.3 is 9.47 Å². The first-order valence-corrected chi connectivity index (χ1v) is 7.59. The molecule has 0 bridgehead atoms. The molecule has 2 heterocycles. The van der Waals surface area contributed by atoms with E-state index in [-0.39, 0.29) is 6.04 Å². The number of hydrogen-bond acceptors (Lipinski definition) is 4. The van der Waals surface area contributed by atoms with Crippen molar-refractivity contribution < 1.29 is 9.47 Å². The molecule has 0 amide bonds. The second kappa shape index (κ2) is 5.42. The minimum Gasteiger partial charge on any atom is -0.347 e. The summed E-state index contributed by atoms with van der Waals surface area (Å²) in [5.41, 5.74) is 0.667. The lowest BCUT2D eigenvalue weighted by Gasteiger charge is -2.49. The van der Waals surface area contributed by atoms with E-state index >= 15 is 0 Å². The molecule has 0 saturated carbocycles. The normalized spacial score (nSPS) is 30.1. The lowest BCUT2D eigenvalue weighted by Crippen LogP contribution is -2.58. The van der Waals surface area contributed by atoms with Gasteiger partial charge in [-0.05, 0) is 19.4 Å². The summed E-state index contributed by atoms with van der Waals surface area (Å²) in [5.74, 6) is -0.544. The van der Waals surface area contributed by atoms with Crippen molar-refractivity contribution in [1.82, 2.24) is 4.90 Å². The van der Waals surface area contributed by atoms with Crippen LogP contribution in [0.15, 0.2) is 30.3 Å². The van der Waals surface area contributed by atoms with E-state index in [4.69, 9.17) is 9.47 Å². The molecule has 1 aromatic carbocycles. The molecule has 3 rings (SSSR count). The Morgan fingerprint density at radius 1 is 1.24 bits per heavy atom. The number of piperidine rings is 1. The summed E-state index contributed by atoms with van der Waals surface area (Å²) in [5, 5.41) is 9.76. The van der Waals surface area contributed by atoms with Crippen molar-refractivity contribution in [2.75, 3.05) is 19.8 Å². The van der Waals surface area contributed by atoms with E-state index in [0.29, 0.717) is 19.6 Å². The van der Waals surface area contributed by atoms with Gasteiger partial charge >= 0.3 is 0 Å². The highest BCUT2D eigenvalue weighted by atomic mass is 16.7. The molecule has 0 aromatic heterocycles. The van der Waals surface area contributed by atoms with Crippen LogP contribution in [0.5, 0.6) is 0 Å². The van der Waals surface area contributed by atoms with Crippen LogP contribution in [0.4, 0.5) is 0 Å². The molecule has 2 saturated heterocycles. The number of hydrogen-bond donors (Lipinski definition) is 0. The SMILES string of the molecule is C[C@H](c1ccccc1)N1CCC2(C[C@]1(C)C#N)OCCO2. The third-order valence-corrected chi connectivity index (χ3v) is 4.78. The summed E-state index contributed by atoms with van der Waals surface area (Å²) >= 11 is 0. The molecule has 2 atom stereocenters. The van der Waals surface area contributed by atoms with Gasteiger partial charge in [-0.25, -0.2) is 0 Å². The van der Waals surface area contributed by atoms with E-state index in [1.807, 2.05) is 25.1 Å². The molecule has 21 heavy (non-hydrogen) atoms. The first-order valence-electron chi connectivity index (χ1n) is 7.59. The predicted octanol–water partition coefficient (Wildman–Crippen LogP) is 2.87. The molecule has 2 fully saturated rings. The zero-order valence-corrected chi connectivity index (χ0v) is 12.7. The Bertz CT molecular complexity index is 533. The predicted molar refractivity (Wildman–Crippen MR) is 79.5 cm³/mol. The van der Waals surface area contributed by atoms with Gasteiger partial charge in [0.25, 0.3) is 0 Å². The van der Waals surface area contributed by atoms with Crippen molar-refractivity contribution in [3.05, 3.63) is 35.9 Å². The summed E-state index contributed by atoms with van der Waals surface area (Å²) in [6, 6.07) is 13.1. The molecule has 1 aromatic rings. The van der Waals surface area contributed by atoms with Crippen LogP contribution in [-0.4, -0.2) is 36.0 Å². The maximum absolute atomic E-state index is 9.76. The van der Waals surface area contributed by atoms with Gasteiger partial charge in [-0.1, -0.05) is 30.3 Å². The molecule has 4 heteroatoms. The summed E-state index contributed by atoms with van der Waals surface area (Å²) in [6.07, 6.45) is 1.43. The maximum Gasteiger partial charge on any atom is 0.172 e. The number of ether oxygens (including phenoxy) is 2. The number of likely N-dealkylation sites (tertiary alicyclic amines) is 1. The lowest BCUT2D eigenvalue weighted by atomic mass is 9.83. The fraction of sp³-hybridized carbons (Fsp3) is 0.588. The zero-order valence-electron chi connectivity index (χ0n) is 12.7. The van der Waals surface area contributed by atoms with E-state index in [9.17, 15) is 5.26 Å². The Labute approximate surface area is 126 Å². The fourth-order valence-electron chi connectivity index (χ4n) is 3.63. The van der Waals surface area contributed by atoms with Crippen LogP contribution in [0.25, 0.3) is 0 Å². The van der Waals surface area contributed by atoms with Gasteiger partial charge in [-0.2, -0.15) is 5.26 Å². The fourth-order valence-corrected chi connectivity index (χ4v) is 3.63. The molecular formula is C17H22N2O2. The minimum absolute atomic E-state index is 0.203. The number of nitrogens with zero attached hydrogens (tertiary/aromatic N) is 2. The summed E-state index contributed by atoms with van der Waals surface area (Å²) < 4.78 is 11.6. The summed E-state index contributed by atoms with van der Waals surface area (Å²) in [4.78, 5) is 2.28. The first kappa shape index (κ1) is 14.5. The van der Waals surface area contributed by atoms with Crippen LogP contribution in [0.3, 0.4) is 0 Å². The van der Waals surface area contributed by atoms with Gasteiger partial charge in [0.15, 0.2) is 5.79 Å². The van der Waals surface area contributed by atoms with Crippen molar-refractivity contribution in [3.8, 4) is 6.07 Å². The van der Waals surface area contributed by atoms with Crippen LogP contribution in [-0.2, 0) is 9.47 Å². The Balaban J connectivity index is 1.84.